The van der Waals surface area contributed by atoms with Crippen molar-refractivity contribution in [3.63, 3.8) is 0 Å². The van der Waals surface area contributed by atoms with Gasteiger partial charge in [-0.3, -0.25) is 9.48 Å². The topological polar surface area (TPSA) is 46.9 Å². The molecule has 1 aromatic heterocycles. The van der Waals surface area contributed by atoms with Crippen LogP contribution in [0.25, 0.3) is 11.3 Å². The molecule has 2 aromatic rings. The lowest BCUT2D eigenvalue weighted by Gasteiger charge is -2.00. The first kappa shape index (κ1) is 13.3. The number of nitrogens with one attached hydrogen (secondary N) is 1. The molecule has 100 valence electrons. The lowest BCUT2D eigenvalue weighted by molar-refractivity contribution is 0.0947. The summed E-state index contributed by atoms with van der Waals surface area (Å²) in [7, 11) is 1.85. The molecular formula is C15H19N3O. The molecule has 0 aliphatic rings. The maximum absolute atomic E-state index is 11.9. The minimum atomic E-state index is -0.105. The van der Waals surface area contributed by atoms with E-state index in [1.54, 1.807) is 4.68 Å². The van der Waals surface area contributed by atoms with Gasteiger partial charge in [-0.05, 0) is 18.1 Å². The molecule has 1 N–H and O–H groups in total. The van der Waals surface area contributed by atoms with Crippen molar-refractivity contribution in [2.45, 2.75) is 19.8 Å². The van der Waals surface area contributed by atoms with Gasteiger partial charge < -0.3 is 5.32 Å². The summed E-state index contributed by atoms with van der Waals surface area (Å²) < 4.78 is 1.74. The summed E-state index contributed by atoms with van der Waals surface area (Å²) in [6, 6.07) is 11.8. The second kappa shape index (κ2) is 6.18. The van der Waals surface area contributed by atoms with E-state index in [-0.39, 0.29) is 5.91 Å². The van der Waals surface area contributed by atoms with Crippen LogP contribution in [0, 0.1) is 0 Å². The zero-order valence-electron chi connectivity index (χ0n) is 11.4. The van der Waals surface area contributed by atoms with Crippen molar-refractivity contribution in [1.29, 1.82) is 0 Å². The molecule has 4 nitrogen and oxygen atoms in total. The Morgan fingerprint density at radius 3 is 2.74 bits per heavy atom. The van der Waals surface area contributed by atoms with E-state index in [2.05, 4.69) is 17.3 Å². The van der Waals surface area contributed by atoms with Crippen LogP contribution in [0.15, 0.2) is 36.4 Å². The molecule has 19 heavy (non-hydrogen) atoms. The maximum Gasteiger partial charge on any atom is 0.271 e. The van der Waals surface area contributed by atoms with Crippen molar-refractivity contribution in [3.05, 3.63) is 42.1 Å². The number of aryl methyl sites for hydroxylation is 1. The SMILES string of the molecule is CCCCNC(=O)c1cc(-c2ccccc2)n(C)n1. The second-order valence-electron chi connectivity index (χ2n) is 4.51. The molecule has 2 rings (SSSR count). The first-order valence-corrected chi connectivity index (χ1v) is 6.60. The number of aromatic nitrogens is 2. The molecule has 0 bridgehead atoms. The number of carbonyl (C=O) groups excluding carboxylic acids is 1. The summed E-state index contributed by atoms with van der Waals surface area (Å²) in [4.78, 5) is 11.9. The number of unbranched alkanes of at least 4 members (excludes halogenated alkanes) is 1. The lowest BCUT2D eigenvalue weighted by Crippen LogP contribution is -2.24. The molecule has 0 aliphatic carbocycles. The summed E-state index contributed by atoms with van der Waals surface area (Å²) >= 11 is 0. The maximum atomic E-state index is 11.9. The summed E-state index contributed by atoms with van der Waals surface area (Å²) in [5, 5.41) is 7.15. The molecule has 0 radical (unpaired) electrons. The standard InChI is InChI=1S/C15H19N3O/c1-3-4-10-16-15(19)13-11-14(18(2)17-13)12-8-6-5-7-9-12/h5-9,11H,3-4,10H2,1-2H3,(H,16,19). The minimum Gasteiger partial charge on any atom is -0.351 e. The zero-order chi connectivity index (χ0) is 13.7. The molecule has 1 amide bonds. The molecular weight excluding hydrogens is 238 g/mol. The highest BCUT2D eigenvalue weighted by Gasteiger charge is 2.12. The van der Waals surface area contributed by atoms with Crippen LogP contribution < -0.4 is 5.32 Å². The fourth-order valence-corrected chi connectivity index (χ4v) is 1.93. The summed E-state index contributed by atoms with van der Waals surface area (Å²) in [5.74, 6) is -0.105. The molecule has 0 aliphatic heterocycles. The second-order valence-corrected chi connectivity index (χ2v) is 4.51. The third-order valence-corrected chi connectivity index (χ3v) is 3.00. The number of carbonyl (C=O) groups is 1. The van der Waals surface area contributed by atoms with Crippen LogP contribution in [-0.2, 0) is 7.05 Å². The van der Waals surface area contributed by atoms with E-state index in [0.29, 0.717) is 12.2 Å². The molecule has 0 saturated carbocycles. The van der Waals surface area contributed by atoms with E-state index >= 15 is 0 Å². The number of hydrogen-bond donors (Lipinski definition) is 1. The van der Waals surface area contributed by atoms with Crippen molar-refractivity contribution in [2.75, 3.05) is 6.54 Å². The normalized spacial score (nSPS) is 10.4. The van der Waals surface area contributed by atoms with Crippen LogP contribution in [0.5, 0.6) is 0 Å². The van der Waals surface area contributed by atoms with Crippen molar-refractivity contribution < 1.29 is 4.79 Å². The van der Waals surface area contributed by atoms with Gasteiger partial charge in [-0.1, -0.05) is 43.7 Å². The van der Waals surface area contributed by atoms with E-state index in [1.807, 2.05) is 43.4 Å². The summed E-state index contributed by atoms with van der Waals surface area (Å²) in [6.07, 6.45) is 2.06. The van der Waals surface area contributed by atoms with E-state index in [4.69, 9.17) is 0 Å². The monoisotopic (exact) mass is 257 g/mol. The smallest absolute Gasteiger partial charge is 0.271 e. The molecule has 1 heterocycles. The summed E-state index contributed by atoms with van der Waals surface area (Å²) in [6.45, 7) is 2.80. The molecule has 0 fully saturated rings. The van der Waals surface area contributed by atoms with Crippen LogP contribution in [0.3, 0.4) is 0 Å². The first-order valence-electron chi connectivity index (χ1n) is 6.60. The van der Waals surface area contributed by atoms with Gasteiger partial charge in [-0.25, -0.2) is 0 Å². The molecule has 1 aromatic carbocycles. The van der Waals surface area contributed by atoms with E-state index in [0.717, 1.165) is 24.1 Å². The molecule has 0 atom stereocenters. The third-order valence-electron chi connectivity index (χ3n) is 3.00. The van der Waals surface area contributed by atoms with Gasteiger partial charge in [0.05, 0.1) is 5.69 Å². The number of amides is 1. The van der Waals surface area contributed by atoms with E-state index in [1.165, 1.54) is 0 Å². The van der Waals surface area contributed by atoms with Crippen LogP contribution in [0.1, 0.15) is 30.3 Å². The van der Waals surface area contributed by atoms with Gasteiger partial charge in [0.25, 0.3) is 5.91 Å². The van der Waals surface area contributed by atoms with Gasteiger partial charge in [0.15, 0.2) is 5.69 Å². The van der Waals surface area contributed by atoms with Crippen LogP contribution in [0.2, 0.25) is 0 Å². The average Bonchev–Trinajstić information content (AvgIpc) is 2.82. The Morgan fingerprint density at radius 1 is 1.32 bits per heavy atom. The molecule has 0 saturated heterocycles. The van der Waals surface area contributed by atoms with Gasteiger partial charge in [0.1, 0.15) is 0 Å². The van der Waals surface area contributed by atoms with Crippen molar-refractivity contribution in [2.24, 2.45) is 7.05 Å². The largest absolute Gasteiger partial charge is 0.351 e. The third kappa shape index (κ3) is 3.22. The number of benzene rings is 1. The Bertz CT molecular complexity index is 546. The molecule has 4 heteroatoms. The van der Waals surface area contributed by atoms with Crippen molar-refractivity contribution in [3.8, 4) is 11.3 Å². The Kier molecular flexibility index (Phi) is 4.34. The zero-order valence-corrected chi connectivity index (χ0v) is 11.4. The number of rotatable bonds is 5. The minimum absolute atomic E-state index is 0.105. The highest BCUT2D eigenvalue weighted by Crippen LogP contribution is 2.19. The fraction of sp³-hybridized carbons (Fsp3) is 0.333. The fourth-order valence-electron chi connectivity index (χ4n) is 1.93. The predicted molar refractivity (Wildman–Crippen MR) is 75.9 cm³/mol. The van der Waals surface area contributed by atoms with Gasteiger partial charge in [0, 0.05) is 13.6 Å². The van der Waals surface area contributed by atoms with Crippen molar-refractivity contribution >= 4 is 5.91 Å². The van der Waals surface area contributed by atoms with E-state index < -0.39 is 0 Å². The Morgan fingerprint density at radius 2 is 2.05 bits per heavy atom. The Hall–Kier alpha value is -2.10. The predicted octanol–water partition coefficient (Wildman–Crippen LogP) is 2.62. The van der Waals surface area contributed by atoms with E-state index in [9.17, 15) is 4.79 Å². The molecule has 0 unspecified atom stereocenters. The first-order chi connectivity index (χ1) is 9.22. The highest BCUT2D eigenvalue weighted by molar-refractivity contribution is 5.93. The van der Waals surface area contributed by atoms with Gasteiger partial charge >= 0.3 is 0 Å². The van der Waals surface area contributed by atoms with Crippen LogP contribution >= 0.6 is 0 Å². The highest BCUT2D eigenvalue weighted by atomic mass is 16.1. The van der Waals surface area contributed by atoms with Gasteiger partial charge in [-0.15, -0.1) is 0 Å². The average molecular weight is 257 g/mol. The quantitative estimate of drug-likeness (QED) is 0.837. The number of hydrogen-bond acceptors (Lipinski definition) is 2. The van der Waals surface area contributed by atoms with Gasteiger partial charge in [-0.2, -0.15) is 5.10 Å². The van der Waals surface area contributed by atoms with Crippen LogP contribution in [0.4, 0.5) is 0 Å². The Labute approximate surface area is 113 Å². The summed E-state index contributed by atoms with van der Waals surface area (Å²) in [5.41, 5.74) is 2.48. The van der Waals surface area contributed by atoms with Crippen molar-refractivity contribution in [1.82, 2.24) is 15.1 Å². The van der Waals surface area contributed by atoms with Gasteiger partial charge in [0.2, 0.25) is 0 Å². The Balaban J connectivity index is 2.15. The number of nitrogens with zero attached hydrogens (tertiary/aromatic N) is 2. The lowest BCUT2D eigenvalue weighted by atomic mass is 10.1. The van der Waals surface area contributed by atoms with Crippen LogP contribution in [-0.4, -0.2) is 22.2 Å². The molecule has 0 spiro atoms.